The van der Waals surface area contributed by atoms with Crippen LogP contribution in [0.2, 0.25) is 0 Å². The van der Waals surface area contributed by atoms with E-state index in [1.165, 1.54) is 0 Å². The highest BCUT2D eigenvalue weighted by Crippen LogP contribution is 2.43. The van der Waals surface area contributed by atoms with Crippen LogP contribution in [0.3, 0.4) is 0 Å². The molecule has 7 heteroatoms. The Labute approximate surface area is 174 Å². The van der Waals surface area contributed by atoms with Crippen LogP contribution in [-0.2, 0) is 9.53 Å². The molecule has 1 saturated heterocycles. The van der Waals surface area contributed by atoms with Gasteiger partial charge in [-0.1, -0.05) is 43.7 Å². The Morgan fingerprint density at radius 1 is 1.14 bits per heavy atom. The van der Waals surface area contributed by atoms with Gasteiger partial charge in [0.2, 0.25) is 6.79 Å². The van der Waals surface area contributed by atoms with Crippen molar-refractivity contribution in [2.24, 2.45) is 0 Å². The van der Waals surface area contributed by atoms with E-state index in [2.05, 4.69) is 0 Å². The van der Waals surface area contributed by atoms with Crippen LogP contribution < -0.4 is 9.47 Å². The van der Waals surface area contributed by atoms with Gasteiger partial charge >= 0.3 is 5.97 Å². The van der Waals surface area contributed by atoms with E-state index >= 15 is 0 Å². The predicted molar refractivity (Wildman–Crippen MR) is 110 cm³/mol. The second-order valence-corrected chi connectivity index (χ2v) is 8.03. The first-order valence-corrected chi connectivity index (χ1v) is 10.8. The molecule has 4 rings (SSSR count). The number of amides is 1. The zero-order valence-corrected chi connectivity index (χ0v) is 17.0. The van der Waals surface area contributed by atoms with Gasteiger partial charge in [-0.15, -0.1) is 11.8 Å². The van der Waals surface area contributed by atoms with E-state index in [1.54, 1.807) is 34.9 Å². The predicted octanol–water partition coefficient (Wildman–Crippen LogP) is 4.02. The maximum absolute atomic E-state index is 13.5. The van der Waals surface area contributed by atoms with Gasteiger partial charge < -0.3 is 19.1 Å². The number of carbonyl (C=O) groups excluding carboxylic acids is 2. The first-order chi connectivity index (χ1) is 14.2. The van der Waals surface area contributed by atoms with Gasteiger partial charge in [0, 0.05) is 11.3 Å². The third-order valence-corrected chi connectivity index (χ3v) is 6.28. The van der Waals surface area contributed by atoms with E-state index in [4.69, 9.17) is 14.2 Å². The van der Waals surface area contributed by atoms with Gasteiger partial charge in [0.15, 0.2) is 11.5 Å². The molecule has 0 bridgehead atoms. The average molecular weight is 413 g/mol. The summed E-state index contributed by atoms with van der Waals surface area (Å²) < 4.78 is 16.2. The minimum atomic E-state index is -0.625. The van der Waals surface area contributed by atoms with Crippen molar-refractivity contribution in [2.45, 2.75) is 31.2 Å². The Morgan fingerprint density at radius 3 is 2.72 bits per heavy atom. The summed E-state index contributed by atoms with van der Waals surface area (Å²) in [5, 5.41) is -0.252. The largest absolute Gasteiger partial charge is 0.464 e. The van der Waals surface area contributed by atoms with Crippen molar-refractivity contribution in [3.63, 3.8) is 0 Å². The molecule has 0 aliphatic carbocycles. The standard InChI is InChI=1S/C22H23NO5S/c1-2-3-11-26-22(25)17-13-29-21(15-7-5-4-6-8-15)23(17)20(24)16-9-10-18-19(12-16)28-14-27-18/h4-10,12,17,21H,2-3,11,13-14H2,1H3. The summed E-state index contributed by atoms with van der Waals surface area (Å²) in [6, 6.07) is 14.2. The monoisotopic (exact) mass is 413 g/mol. The summed E-state index contributed by atoms with van der Waals surface area (Å²) in [5.74, 6) is 1.09. The minimum absolute atomic E-state index is 0.144. The molecule has 1 amide bonds. The Morgan fingerprint density at radius 2 is 1.93 bits per heavy atom. The van der Waals surface area contributed by atoms with Crippen LogP contribution in [-0.4, -0.2) is 42.0 Å². The van der Waals surface area contributed by atoms with Crippen molar-refractivity contribution in [1.29, 1.82) is 0 Å². The molecule has 2 heterocycles. The minimum Gasteiger partial charge on any atom is -0.464 e. The number of rotatable bonds is 6. The Bertz CT molecular complexity index is 888. The number of unbranched alkanes of at least 4 members (excludes halogenated alkanes) is 1. The van der Waals surface area contributed by atoms with E-state index in [-0.39, 0.29) is 24.0 Å². The summed E-state index contributed by atoms with van der Waals surface area (Å²) in [4.78, 5) is 27.9. The maximum Gasteiger partial charge on any atom is 0.329 e. The fourth-order valence-electron chi connectivity index (χ4n) is 3.40. The van der Waals surface area contributed by atoms with Gasteiger partial charge in [0.25, 0.3) is 5.91 Å². The van der Waals surface area contributed by atoms with Crippen LogP contribution in [0.4, 0.5) is 0 Å². The zero-order chi connectivity index (χ0) is 20.2. The van der Waals surface area contributed by atoms with Crippen molar-refractivity contribution in [3.05, 3.63) is 59.7 Å². The topological polar surface area (TPSA) is 65.1 Å². The Balaban J connectivity index is 1.63. The van der Waals surface area contributed by atoms with Crippen LogP contribution in [0, 0.1) is 0 Å². The molecule has 2 aliphatic heterocycles. The van der Waals surface area contributed by atoms with Crippen LogP contribution in [0.25, 0.3) is 0 Å². The molecule has 0 saturated carbocycles. The summed E-state index contributed by atoms with van der Waals surface area (Å²) >= 11 is 1.58. The number of hydrogen-bond donors (Lipinski definition) is 0. The van der Waals surface area contributed by atoms with Gasteiger partial charge in [0.05, 0.1) is 6.61 Å². The number of ether oxygens (including phenoxy) is 3. The highest BCUT2D eigenvalue weighted by Gasteiger charge is 2.43. The first-order valence-electron chi connectivity index (χ1n) is 9.74. The molecule has 29 heavy (non-hydrogen) atoms. The molecule has 0 aromatic heterocycles. The second-order valence-electron chi connectivity index (χ2n) is 6.91. The molecule has 0 spiro atoms. The number of benzene rings is 2. The lowest BCUT2D eigenvalue weighted by Gasteiger charge is -2.28. The molecule has 2 aromatic rings. The number of carbonyl (C=O) groups is 2. The molecule has 2 aromatic carbocycles. The highest BCUT2D eigenvalue weighted by atomic mass is 32.2. The molecular weight excluding hydrogens is 390 g/mol. The number of hydrogen-bond acceptors (Lipinski definition) is 6. The number of fused-ring (bicyclic) bond motifs is 1. The van der Waals surface area contributed by atoms with E-state index in [1.807, 2.05) is 37.3 Å². The first kappa shape index (κ1) is 19.6. The van der Waals surface area contributed by atoms with Gasteiger partial charge in [-0.3, -0.25) is 4.79 Å². The summed E-state index contributed by atoms with van der Waals surface area (Å²) in [6.07, 6.45) is 1.75. The SMILES string of the molecule is CCCCOC(=O)C1CSC(c2ccccc2)N1C(=O)c1ccc2c(c1)OCO2. The van der Waals surface area contributed by atoms with Crippen molar-refractivity contribution in [1.82, 2.24) is 4.90 Å². The van der Waals surface area contributed by atoms with Crippen molar-refractivity contribution >= 4 is 23.6 Å². The number of thioether (sulfide) groups is 1. The fourth-order valence-corrected chi connectivity index (χ4v) is 4.82. The maximum atomic E-state index is 13.5. The van der Waals surface area contributed by atoms with Crippen molar-refractivity contribution in [2.75, 3.05) is 19.2 Å². The molecule has 2 unspecified atom stereocenters. The summed E-state index contributed by atoms with van der Waals surface area (Å²) in [7, 11) is 0. The molecule has 0 radical (unpaired) electrons. The van der Waals surface area contributed by atoms with Gasteiger partial charge in [-0.05, 0) is 30.2 Å². The third kappa shape index (κ3) is 4.05. The van der Waals surface area contributed by atoms with Crippen molar-refractivity contribution < 1.29 is 23.8 Å². The van der Waals surface area contributed by atoms with E-state index in [0.29, 0.717) is 29.4 Å². The molecule has 6 nitrogen and oxygen atoms in total. The molecule has 152 valence electrons. The summed E-state index contributed by atoms with van der Waals surface area (Å²) in [5.41, 5.74) is 1.44. The number of esters is 1. The van der Waals surface area contributed by atoms with E-state index in [9.17, 15) is 9.59 Å². The van der Waals surface area contributed by atoms with Crippen LogP contribution in [0.5, 0.6) is 11.5 Å². The van der Waals surface area contributed by atoms with E-state index < -0.39 is 6.04 Å². The van der Waals surface area contributed by atoms with E-state index in [0.717, 1.165) is 18.4 Å². The molecule has 0 N–H and O–H groups in total. The summed E-state index contributed by atoms with van der Waals surface area (Å²) in [6.45, 7) is 2.56. The average Bonchev–Trinajstić information content (AvgIpc) is 3.40. The molecule has 2 atom stereocenters. The lowest BCUT2D eigenvalue weighted by atomic mass is 10.1. The zero-order valence-electron chi connectivity index (χ0n) is 16.2. The normalized spacial score (nSPS) is 20.0. The third-order valence-electron chi connectivity index (χ3n) is 4.95. The quantitative estimate of drug-likeness (QED) is 0.527. The van der Waals surface area contributed by atoms with Gasteiger partial charge in [-0.2, -0.15) is 0 Å². The second kappa shape index (κ2) is 8.78. The van der Waals surface area contributed by atoms with Gasteiger partial charge in [0.1, 0.15) is 11.4 Å². The fraction of sp³-hybridized carbons (Fsp3) is 0.364. The van der Waals surface area contributed by atoms with Crippen LogP contribution in [0.1, 0.15) is 41.1 Å². The molecule has 2 aliphatic rings. The van der Waals surface area contributed by atoms with Crippen LogP contribution in [0.15, 0.2) is 48.5 Å². The highest BCUT2D eigenvalue weighted by molar-refractivity contribution is 7.99. The smallest absolute Gasteiger partial charge is 0.329 e. The van der Waals surface area contributed by atoms with Crippen molar-refractivity contribution in [3.8, 4) is 11.5 Å². The lowest BCUT2D eigenvalue weighted by molar-refractivity contribution is -0.148. The Hall–Kier alpha value is -2.67. The number of nitrogens with zero attached hydrogens (tertiary/aromatic N) is 1. The lowest BCUT2D eigenvalue weighted by Crippen LogP contribution is -2.44. The molecular formula is C22H23NO5S. The van der Waals surface area contributed by atoms with Gasteiger partial charge in [-0.25, -0.2) is 4.79 Å². The Kier molecular flexibility index (Phi) is 5.94. The van der Waals surface area contributed by atoms with Crippen LogP contribution >= 0.6 is 11.8 Å². The molecule has 1 fully saturated rings.